The van der Waals surface area contributed by atoms with Gasteiger partial charge in [0.1, 0.15) is 0 Å². The normalized spacial score (nSPS) is 11.4. The SMILES string of the molecule is CCOc1cc(/C=N/NC(=O)c2ccccc2N(Cc2ccc(Cl)cc2)S(=O)(=O)c2ccc(C)cc2)ccc1O. The molecule has 2 N–H and O–H groups in total. The minimum atomic E-state index is -4.07. The second kappa shape index (κ2) is 12.7. The van der Waals surface area contributed by atoms with Gasteiger partial charge in [-0.25, -0.2) is 13.8 Å². The Morgan fingerprint density at radius 3 is 2.42 bits per heavy atom. The molecule has 0 radical (unpaired) electrons. The molecule has 8 nitrogen and oxygen atoms in total. The molecule has 0 aliphatic heterocycles. The van der Waals surface area contributed by atoms with Crippen LogP contribution in [0.15, 0.2) is 101 Å². The molecule has 0 heterocycles. The van der Waals surface area contributed by atoms with Crippen LogP contribution in [0, 0.1) is 6.92 Å². The van der Waals surface area contributed by atoms with Gasteiger partial charge in [0.05, 0.1) is 35.5 Å². The average molecular weight is 578 g/mol. The van der Waals surface area contributed by atoms with Gasteiger partial charge in [0.25, 0.3) is 15.9 Å². The van der Waals surface area contributed by atoms with Crippen molar-refractivity contribution >= 4 is 39.4 Å². The molecule has 4 aromatic carbocycles. The van der Waals surface area contributed by atoms with Crippen LogP contribution < -0.4 is 14.5 Å². The van der Waals surface area contributed by atoms with E-state index >= 15 is 0 Å². The zero-order valence-corrected chi connectivity index (χ0v) is 23.5. The fourth-order valence-corrected chi connectivity index (χ4v) is 5.48. The smallest absolute Gasteiger partial charge is 0.273 e. The van der Waals surface area contributed by atoms with E-state index in [0.29, 0.717) is 28.5 Å². The molecule has 0 aromatic heterocycles. The largest absolute Gasteiger partial charge is 0.504 e. The number of hydrogen-bond donors (Lipinski definition) is 2. The first kappa shape index (κ1) is 28.7. The molecule has 0 atom stereocenters. The van der Waals surface area contributed by atoms with Crippen molar-refractivity contribution in [1.29, 1.82) is 0 Å². The Kier molecular flexibility index (Phi) is 9.08. The van der Waals surface area contributed by atoms with Crippen LogP contribution >= 0.6 is 11.6 Å². The molecule has 4 rings (SSSR count). The number of sulfonamides is 1. The highest BCUT2D eigenvalue weighted by Gasteiger charge is 2.28. The zero-order valence-electron chi connectivity index (χ0n) is 21.9. The molecule has 0 bridgehead atoms. The maximum atomic E-state index is 13.9. The molecule has 0 saturated heterocycles. The number of ether oxygens (including phenoxy) is 1. The van der Waals surface area contributed by atoms with E-state index in [-0.39, 0.29) is 28.4 Å². The van der Waals surface area contributed by atoms with Crippen LogP contribution in [0.1, 0.15) is 34.0 Å². The fourth-order valence-electron chi connectivity index (χ4n) is 3.88. The molecule has 0 unspecified atom stereocenters. The molecule has 0 aliphatic carbocycles. The third kappa shape index (κ3) is 6.80. The van der Waals surface area contributed by atoms with E-state index in [1.54, 1.807) is 85.8 Å². The number of hydrogen-bond acceptors (Lipinski definition) is 6. The summed E-state index contributed by atoms with van der Waals surface area (Å²) in [5.41, 5.74) is 4.96. The summed E-state index contributed by atoms with van der Waals surface area (Å²) < 4.78 is 34.4. The average Bonchev–Trinajstić information content (AvgIpc) is 2.94. The maximum absolute atomic E-state index is 13.9. The number of nitrogens with one attached hydrogen (secondary N) is 1. The standard InChI is InChI=1S/C30H28ClN3O5S/c1-3-39-29-18-23(12-17-28(29)35)19-32-33-30(36)26-6-4-5-7-27(26)34(20-22-10-13-24(31)14-11-22)40(37,38)25-15-8-21(2)9-16-25/h4-19,35H,3,20H2,1-2H3,(H,33,36)/b32-19+. The Balaban J connectivity index is 1.67. The lowest BCUT2D eigenvalue weighted by atomic mass is 10.1. The summed E-state index contributed by atoms with van der Waals surface area (Å²) in [5.74, 6) is -0.314. The van der Waals surface area contributed by atoms with Crippen LogP contribution in [-0.4, -0.2) is 32.3 Å². The number of phenols is 1. The topological polar surface area (TPSA) is 108 Å². The van der Waals surface area contributed by atoms with Crippen LogP contribution in [0.5, 0.6) is 11.5 Å². The first-order valence-corrected chi connectivity index (χ1v) is 14.2. The first-order valence-electron chi connectivity index (χ1n) is 12.4. The van der Waals surface area contributed by atoms with Crippen molar-refractivity contribution in [3.05, 3.63) is 118 Å². The van der Waals surface area contributed by atoms with Crippen LogP contribution in [0.25, 0.3) is 0 Å². The van der Waals surface area contributed by atoms with Gasteiger partial charge < -0.3 is 9.84 Å². The number of amides is 1. The summed E-state index contributed by atoms with van der Waals surface area (Å²) >= 11 is 6.04. The van der Waals surface area contributed by atoms with E-state index in [4.69, 9.17) is 16.3 Å². The van der Waals surface area contributed by atoms with Crippen LogP contribution in [0.4, 0.5) is 5.69 Å². The highest BCUT2D eigenvalue weighted by molar-refractivity contribution is 7.92. The zero-order chi connectivity index (χ0) is 28.7. The third-order valence-corrected chi connectivity index (χ3v) is 7.96. The molecule has 4 aromatic rings. The highest BCUT2D eigenvalue weighted by Crippen LogP contribution is 2.30. The Hall–Kier alpha value is -4.34. The van der Waals surface area contributed by atoms with E-state index in [1.165, 1.54) is 22.7 Å². The number of para-hydroxylation sites is 1. The summed E-state index contributed by atoms with van der Waals surface area (Å²) in [7, 11) is -4.07. The van der Waals surface area contributed by atoms with Crippen molar-refractivity contribution in [2.45, 2.75) is 25.3 Å². The lowest BCUT2D eigenvalue weighted by molar-refractivity contribution is 0.0955. The van der Waals surface area contributed by atoms with Gasteiger partial charge in [-0.1, -0.05) is 53.6 Å². The molecule has 206 valence electrons. The van der Waals surface area contributed by atoms with E-state index in [9.17, 15) is 18.3 Å². The Morgan fingerprint density at radius 1 is 1.02 bits per heavy atom. The summed E-state index contributed by atoms with van der Waals surface area (Å²) in [6.45, 7) is 4.01. The maximum Gasteiger partial charge on any atom is 0.273 e. The number of aryl methyl sites for hydroxylation is 1. The predicted octanol–water partition coefficient (Wildman–Crippen LogP) is 5.91. The molecule has 0 aliphatic rings. The van der Waals surface area contributed by atoms with Crippen molar-refractivity contribution in [2.24, 2.45) is 5.10 Å². The van der Waals surface area contributed by atoms with Crippen molar-refractivity contribution in [2.75, 3.05) is 10.9 Å². The molecule has 10 heteroatoms. The summed E-state index contributed by atoms with van der Waals surface area (Å²) in [6.07, 6.45) is 1.40. The van der Waals surface area contributed by atoms with Gasteiger partial charge in [-0.3, -0.25) is 9.10 Å². The van der Waals surface area contributed by atoms with E-state index in [0.717, 1.165) is 5.56 Å². The number of anilines is 1. The third-order valence-electron chi connectivity index (χ3n) is 5.93. The number of phenolic OH excluding ortho intramolecular Hbond substituents is 1. The highest BCUT2D eigenvalue weighted by atomic mass is 35.5. The minimum absolute atomic E-state index is 0.00692. The van der Waals surface area contributed by atoms with Gasteiger partial charge in [-0.2, -0.15) is 5.10 Å². The summed E-state index contributed by atoms with van der Waals surface area (Å²) in [5, 5.41) is 14.4. The van der Waals surface area contributed by atoms with Crippen LogP contribution in [-0.2, 0) is 16.6 Å². The van der Waals surface area contributed by atoms with Gasteiger partial charge in [0, 0.05) is 5.02 Å². The lowest BCUT2D eigenvalue weighted by Crippen LogP contribution is -2.33. The number of carbonyl (C=O) groups excluding carboxylic acids is 1. The molecule has 0 spiro atoms. The monoisotopic (exact) mass is 577 g/mol. The quantitative estimate of drug-likeness (QED) is 0.180. The van der Waals surface area contributed by atoms with Crippen LogP contribution in [0.3, 0.4) is 0 Å². The number of nitrogens with zero attached hydrogens (tertiary/aromatic N) is 2. The minimum Gasteiger partial charge on any atom is -0.504 e. The predicted molar refractivity (Wildman–Crippen MR) is 157 cm³/mol. The lowest BCUT2D eigenvalue weighted by Gasteiger charge is -2.26. The van der Waals surface area contributed by atoms with Gasteiger partial charge in [0.2, 0.25) is 0 Å². The number of halogens is 1. The van der Waals surface area contributed by atoms with Gasteiger partial charge >= 0.3 is 0 Å². The van der Waals surface area contributed by atoms with Crippen molar-refractivity contribution in [1.82, 2.24) is 5.43 Å². The number of carbonyl (C=O) groups is 1. The number of aromatic hydroxyl groups is 1. The van der Waals surface area contributed by atoms with E-state index < -0.39 is 15.9 Å². The Labute approximate surface area is 238 Å². The molecular weight excluding hydrogens is 550 g/mol. The van der Waals surface area contributed by atoms with E-state index in [1.807, 2.05) is 6.92 Å². The number of hydrazone groups is 1. The van der Waals surface area contributed by atoms with Gasteiger partial charge in [0.15, 0.2) is 11.5 Å². The second-order valence-corrected chi connectivity index (χ2v) is 11.1. The van der Waals surface area contributed by atoms with Crippen LogP contribution in [0.2, 0.25) is 5.02 Å². The Bertz CT molecular complexity index is 1620. The molecular formula is C30H28ClN3O5S. The fraction of sp³-hybridized carbons (Fsp3) is 0.133. The molecule has 0 saturated carbocycles. The first-order chi connectivity index (χ1) is 19.2. The number of benzene rings is 4. The van der Waals surface area contributed by atoms with Gasteiger partial charge in [-0.05, 0) is 79.6 Å². The molecule has 40 heavy (non-hydrogen) atoms. The van der Waals surface area contributed by atoms with Crippen molar-refractivity contribution < 1.29 is 23.1 Å². The number of rotatable bonds is 10. The van der Waals surface area contributed by atoms with E-state index in [2.05, 4.69) is 10.5 Å². The Morgan fingerprint density at radius 2 is 1.73 bits per heavy atom. The summed E-state index contributed by atoms with van der Waals surface area (Å²) in [6, 6.07) is 24.5. The molecule has 1 amide bonds. The second-order valence-electron chi connectivity index (χ2n) is 8.83. The van der Waals surface area contributed by atoms with Crippen molar-refractivity contribution in [3.8, 4) is 11.5 Å². The summed E-state index contributed by atoms with van der Waals surface area (Å²) in [4.78, 5) is 13.4. The molecule has 0 fully saturated rings. The van der Waals surface area contributed by atoms with Crippen molar-refractivity contribution in [3.63, 3.8) is 0 Å². The van der Waals surface area contributed by atoms with Gasteiger partial charge in [-0.15, -0.1) is 0 Å².